The smallest absolute Gasteiger partial charge is 0.0900 e. The fourth-order valence-corrected chi connectivity index (χ4v) is 3.04. The van der Waals surface area contributed by atoms with Crippen LogP contribution in [0.4, 0.5) is 0 Å². The molecule has 1 unspecified atom stereocenters. The molecular formula is C10H16N2S. The molecule has 0 aliphatic heterocycles. The Morgan fingerprint density at radius 2 is 2.46 bits per heavy atom. The van der Waals surface area contributed by atoms with Crippen molar-refractivity contribution in [2.75, 3.05) is 6.54 Å². The van der Waals surface area contributed by atoms with Crippen LogP contribution in [0.25, 0.3) is 0 Å². The highest BCUT2D eigenvalue weighted by Crippen LogP contribution is 2.30. The van der Waals surface area contributed by atoms with Gasteiger partial charge in [0.15, 0.2) is 0 Å². The van der Waals surface area contributed by atoms with Gasteiger partial charge in [0.05, 0.1) is 10.7 Å². The van der Waals surface area contributed by atoms with Gasteiger partial charge < -0.3 is 5.73 Å². The normalized spacial score (nSPS) is 21.5. The Morgan fingerprint density at radius 3 is 3.23 bits per heavy atom. The molecule has 72 valence electrons. The van der Waals surface area contributed by atoms with Gasteiger partial charge in [-0.15, -0.1) is 11.3 Å². The summed E-state index contributed by atoms with van der Waals surface area (Å²) in [5.74, 6) is 0.791. The fraction of sp³-hybridized carbons (Fsp3) is 0.700. The summed E-state index contributed by atoms with van der Waals surface area (Å²) < 4.78 is 0. The van der Waals surface area contributed by atoms with Crippen molar-refractivity contribution < 1.29 is 0 Å². The molecule has 13 heavy (non-hydrogen) atoms. The lowest BCUT2D eigenvalue weighted by Gasteiger charge is -2.19. The molecular weight excluding hydrogens is 180 g/mol. The van der Waals surface area contributed by atoms with Crippen molar-refractivity contribution in [2.45, 2.75) is 32.6 Å². The molecule has 2 rings (SSSR count). The summed E-state index contributed by atoms with van der Waals surface area (Å²) in [4.78, 5) is 6.08. The first kappa shape index (κ1) is 9.16. The van der Waals surface area contributed by atoms with E-state index in [1.54, 1.807) is 0 Å². The summed E-state index contributed by atoms with van der Waals surface area (Å²) in [5.41, 5.74) is 6.92. The van der Waals surface area contributed by atoms with Crippen molar-refractivity contribution in [2.24, 2.45) is 11.7 Å². The molecule has 0 saturated heterocycles. The molecule has 0 saturated carbocycles. The van der Waals surface area contributed by atoms with Gasteiger partial charge in [-0.1, -0.05) is 0 Å². The Balaban J connectivity index is 2.10. The van der Waals surface area contributed by atoms with E-state index in [9.17, 15) is 0 Å². The standard InChI is InChI=1S/C10H16N2S/c1-7-12-9-6-8(4-5-11)2-3-10(9)13-7/h8H,2-6,11H2,1H3. The molecule has 1 aliphatic rings. The largest absolute Gasteiger partial charge is 0.330 e. The fourth-order valence-electron chi connectivity index (χ4n) is 2.06. The second kappa shape index (κ2) is 3.76. The minimum absolute atomic E-state index is 0.791. The maximum absolute atomic E-state index is 5.57. The Hall–Kier alpha value is -0.410. The first-order valence-corrected chi connectivity index (χ1v) is 5.76. The predicted octanol–water partition coefficient (Wildman–Crippen LogP) is 1.91. The molecule has 1 heterocycles. The highest BCUT2D eigenvalue weighted by molar-refractivity contribution is 7.11. The van der Waals surface area contributed by atoms with E-state index in [0.717, 1.165) is 25.3 Å². The number of aromatic nitrogens is 1. The summed E-state index contributed by atoms with van der Waals surface area (Å²) in [7, 11) is 0. The van der Waals surface area contributed by atoms with Crippen LogP contribution < -0.4 is 5.73 Å². The van der Waals surface area contributed by atoms with Crippen molar-refractivity contribution >= 4 is 11.3 Å². The van der Waals surface area contributed by atoms with Crippen molar-refractivity contribution in [1.82, 2.24) is 4.98 Å². The molecule has 0 aromatic carbocycles. The van der Waals surface area contributed by atoms with Crippen LogP contribution in [-0.2, 0) is 12.8 Å². The molecule has 0 fully saturated rings. The number of nitrogens with zero attached hydrogens (tertiary/aromatic N) is 1. The van der Waals surface area contributed by atoms with Crippen molar-refractivity contribution in [3.05, 3.63) is 15.6 Å². The number of hydrogen-bond donors (Lipinski definition) is 1. The maximum Gasteiger partial charge on any atom is 0.0900 e. The summed E-state index contributed by atoms with van der Waals surface area (Å²) in [6.45, 7) is 2.92. The van der Waals surface area contributed by atoms with Gasteiger partial charge in [-0.3, -0.25) is 0 Å². The van der Waals surface area contributed by atoms with Gasteiger partial charge >= 0.3 is 0 Å². The van der Waals surface area contributed by atoms with E-state index in [0.29, 0.717) is 0 Å². The van der Waals surface area contributed by atoms with Gasteiger partial charge in [-0.05, 0) is 45.1 Å². The van der Waals surface area contributed by atoms with Gasteiger partial charge in [-0.2, -0.15) is 0 Å². The van der Waals surface area contributed by atoms with Crippen LogP contribution in [0, 0.1) is 12.8 Å². The minimum Gasteiger partial charge on any atom is -0.330 e. The van der Waals surface area contributed by atoms with E-state index in [1.165, 1.54) is 28.4 Å². The molecule has 1 aliphatic carbocycles. The Morgan fingerprint density at radius 1 is 1.62 bits per heavy atom. The summed E-state index contributed by atoms with van der Waals surface area (Å²) >= 11 is 1.87. The number of hydrogen-bond acceptors (Lipinski definition) is 3. The van der Waals surface area contributed by atoms with E-state index in [-0.39, 0.29) is 0 Å². The number of fused-ring (bicyclic) bond motifs is 1. The first-order chi connectivity index (χ1) is 6.29. The monoisotopic (exact) mass is 196 g/mol. The molecule has 0 amide bonds. The average Bonchev–Trinajstić information content (AvgIpc) is 2.44. The van der Waals surface area contributed by atoms with E-state index in [4.69, 9.17) is 5.73 Å². The van der Waals surface area contributed by atoms with Crippen LogP contribution in [0.15, 0.2) is 0 Å². The number of aryl methyl sites for hydroxylation is 2. The predicted molar refractivity (Wildman–Crippen MR) is 56.0 cm³/mol. The van der Waals surface area contributed by atoms with Crippen molar-refractivity contribution in [3.63, 3.8) is 0 Å². The van der Waals surface area contributed by atoms with Gasteiger partial charge in [0.25, 0.3) is 0 Å². The van der Waals surface area contributed by atoms with E-state index in [2.05, 4.69) is 11.9 Å². The lowest BCUT2D eigenvalue weighted by molar-refractivity contribution is 0.431. The van der Waals surface area contributed by atoms with E-state index >= 15 is 0 Å². The lowest BCUT2D eigenvalue weighted by Crippen LogP contribution is -2.16. The average molecular weight is 196 g/mol. The zero-order valence-electron chi connectivity index (χ0n) is 8.05. The Bertz CT molecular complexity index is 293. The molecule has 2 N–H and O–H groups in total. The third-order valence-electron chi connectivity index (χ3n) is 2.72. The number of thiazole rings is 1. The Kier molecular flexibility index (Phi) is 2.65. The third-order valence-corrected chi connectivity index (χ3v) is 3.79. The first-order valence-electron chi connectivity index (χ1n) is 4.95. The van der Waals surface area contributed by atoms with Crippen LogP contribution in [0.5, 0.6) is 0 Å². The third kappa shape index (κ3) is 1.92. The molecule has 0 bridgehead atoms. The van der Waals surface area contributed by atoms with Crippen LogP contribution in [0.1, 0.15) is 28.4 Å². The second-order valence-electron chi connectivity index (χ2n) is 3.79. The lowest BCUT2D eigenvalue weighted by atomic mass is 9.88. The van der Waals surface area contributed by atoms with Crippen LogP contribution in [0.2, 0.25) is 0 Å². The van der Waals surface area contributed by atoms with Gasteiger partial charge in [0.2, 0.25) is 0 Å². The van der Waals surface area contributed by atoms with Crippen LogP contribution in [-0.4, -0.2) is 11.5 Å². The second-order valence-corrected chi connectivity index (χ2v) is 5.08. The SMILES string of the molecule is Cc1nc2c(s1)CCC(CCN)C2. The maximum atomic E-state index is 5.57. The Labute approximate surface area is 83.2 Å². The van der Waals surface area contributed by atoms with Gasteiger partial charge in [0, 0.05) is 4.88 Å². The zero-order chi connectivity index (χ0) is 9.26. The van der Waals surface area contributed by atoms with Crippen molar-refractivity contribution in [1.29, 1.82) is 0 Å². The molecule has 2 nitrogen and oxygen atoms in total. The summed E-state index contributed by atoms with van der Waals surface area (Å²) in [5, 5.41) is 1.22. The minimum atomic E-state index is 0.791. The molecule has 3 heteroatoms. The van der Waals surface area contributed by atoms with Gasteiger partial charge in [-0.25, -0.2) is 4.98 Å². The summed E-state index contributed by atoms with van der Waals surface area (Å²) in [6.07, 6.45) is 4.87. The summed E-state index contributed by atoms with van der Waals surface area (Å²) in [6, 6.07) is 0. The molecule has 1 aromatic rings. The van der Waals surface area contributed by atoms with Crippen molar-refractivity contribution in [3.8, 4) is 0 Å². The highest BCUT2D eigenvalue weighted by atomic mass is 32.1. The highest BCUT2D eigenvalue weighted by Gasteiger charge is 2.20. The van der Waals surface area contributed by atoms with E-state index < -0.39 is 0 Å². The number of rotatable bonds is 2. The van der Waals surface area contributed by atoms with E-state index in [1.807, 2.05) is 11.3 Å². The van der Waals surface area contributed by atoms with Crippen LogP contribution in [0.3, 0.4) is 0 Å². The van der Waals surface area contributed by atoms with Gasteiger partial charge in [0.1, 0.15) is 0 Å². The zero-order valence-corrected chi connectivity index (χ0v) is 8.86. The quantitative estimate of drug-likeness (QED) is 0.784. The molecule has 1 atom stereocenters. The van der Waals surface area contributed by atoms with Crippen LogP contribution >= 0.6 is 11.3 Å². The number of nitrogens with two attached hydrogens (primary N) is 1. The molecule has 1 aromatic heterocycles. The molecule has 0 spiro atoms. The topological polar surface area (TPSA) is 38.9 Å². The molecule has 0 radical (unpaired) electrons.